The molecule has 172 valence electrons. The molecule has 2 aliphatic rings. The molecular formula is C24H28F2N2O4. The third-order valence-corrected chi connectivity index (χ3v) is 6.06. The van der Waals surface area contributed by atoms with Gasteiger partial charge in [0.2, 0.25) is 5.91 Å². The molecule has 2 fully saturated rings. The summed E-state index contributed by atoms with van der Waals surface area (Å²) in [5.41, 5.74) is 2.29. The minimum Gasteiger partial charge on any atom is -0.390 e. The number of hydrogen-bond donors (Lipinski definition) is 3. The second-order valence-electron chi connectivity index (χ2n) is 8.59. The molecule has 3 unspecified atom stereocenters. The Labute approximate surface area is 185 Å². The Morgan fingerprint density at radius 3 is 2.59 bits per heavy atom. The van der Waals surface area contributed by atoms with Gasteiger partial charge in [-0.1, -0.05) is 24.3 Å². The molecule has 0 aromatic heterocycles. The minimum absolute atomic E-state index is 0.0767. The number of benzene rings is 2. The van der Waals surface area contributed by atoms with Crippen molar-refractivity contribution >= 4 is 5.91 Å². The van der Waals surface area contributed by atoms with Gasteiger partial charge < -0.3 is 25.2 Å². The fourth-order valence-corrected chi connectivity index (χ4v) is 4.22. The number of nitrogens with one attached hydrogen (secondary N) is 2. The zero-order valence-electron chi connectivity index (χ0n) is 17.9. The van der Waals surface area contributed by atoms with Gasteiger partial charge in [0.1, 0.15) is 24.5 Å². The van der Waals surface area contributed by atoms with Crippen molar-refractivity contribution in [3.63, 3.8) is 0 Å². The van der Waals surface area contributed by atoms with Gasteiger partial charge in [-0.25, -0.2) is 8.78 Å². The molecule has 2 aromatic carbocycles. The van der Waals surface area contributed by atoms with Crippen molar-refractivity contribution in [3.05, 3.63) is 70.8 Å². The van der Waals surface area contributed by atoms with Crippen LogP contribution in [-0.2, 0) is 26.2 Å². The highest BCUT2D eigenvalue weighted by atomic mass is 19.1. The highest BCUT2D eigenvalue weighted by Crippen LogP contribution is 2.46. The van der Waals surface area contributed by atoms with Crippen LogP contribution in [0.2, 0.25) is 0 Å². The molecule has 0 bridgehead atoms. The number of amides is 1. The number of ether oxygens (including phenoxy) is 2. The van der Waals surface area contributed by atoms with E-state index in [0.29, 0.717) is 19.0 Å². The van der Waals surface area contributed by atoms with Crippen LogP contribution in [0.1, 0.15) is 42.6 Å². The van der Waals surface area contributed by atoms with E-state index < -0.39 is 23.8 Å². The first-order chi connectivity index (χ1) is 15.3. The zero-order valence-corrected chi connectivity index (χ0v) is 17.9. The number of carbonyl (C=O) groups is 1. The summed E-state index contributed by atoms with van der Waals surface area (Å²) in [6.07, 6.45) is 0.930. The molecular weight excluding hydrogens is 418 g/mol. The minimum atomic E-state index is -0.947. The standard InChI is InChI=1S/C24H28F2N2O4/c1-15(29)28-21(9-16-7-19(25)11-20(26)8-16)22(30)12-27-24(5-6-24)18-4-2-3-17(10-18)23-13-31-14-32-23/h2-4,7-8,10-11,21-23,27,30H,5-6,9,12-14H2,1H3,(H,28,29). The van der Waals surface area contributed by atoms with Crippen molar-refractivity contribution in [3.8, 4) is 0 Å². The van der Waals surface area contributed by atoms with Crippen LogP contribution in [0.15, 0.2) is 42.5 Å². The quantitative estimate of drug-likeness (QED) is 0.552. The monoisotopic (exact) mass is 446 g/mol. The van der Waals surface area contributed by atoms with Gasteiger partial charge in [0.15, 0.2) is 0 Å². The van der Waals surface area contributed by atoms with Gasteiger partial charge in [-0.05, 0) is 48.1 Å². The molecule has 4 rings (SSSR count). The van der Waals surface area contributed by atoms with Crippen LogP contribution in [0.3, 0.4) is 0 Å². The number of aliphatic hydroxyl groups is 1. The topological polar surface area (TPSA) is 79.8 Å². The zero-order chi connectivity index (χ0) is 22.7. The predicted octanol–water partition coefficient (Wildman–Crippen LogP) is 2.70. The molecule has 0 radical (unpaired) electrons. The Morgan fingerprint density at radius 1 is 1.22 bits per heavy atom. The lowest BCUT2D eigenvalue weighted by Gasteiger charge is -2.27. The Hall–Kier alpha value is -2.39. The molecule has 8 heteroatoms. The lowest BCUT2D eigenvalue weighted by Crippen LogP contribution is -2.49. The second kappa shape index (κ2) is 9.62. The van der Waals surface area contributed by atoms with Gasteiger partial charge in [0.25, 0.3) is 0 Å². The third kappa shape index (κ3) is 5.50. The molecule has 1 aliphatic heterocycles. The van der Waals surface area contributed by atoms with Gasteiger partial charge in [0, 0.05) is 25.1 Å². The molecule has 1 heterocycles. The molecule has 1 amide bonds. The third-order valence-electron chi connectivity index (χ3n) is 6.06. The Balaban J connectivity index is 1.42. The highest BCUT2D eigenvalue weighted by molar-refractivity contribution is 5.73. The normalized spacial score (nSPS) is 21.2. The summed E-state index contributed by atoms with van der Waals surface area (Å²) >= 11 is 0. The van der Waals surface area contributed by atoms with E-state index >= 15 is 0 Å². The van der Waals surface area contributed by atoms with Gasteiger partial charge in [0.05, 0.1) is 18.8 Å². The van der Waals surface area contributed by atoms with E-state index in [9.17, 15) is 18.7 Å². The van der Waals surface area contributed by atoms with Gasteiger partial charge in [-0.2, -0.15) is 0 Å². The van der Waals surface area contributed by atoms with E-state index in [4.69, 9.17) is 9.47 Å². The largest absolute Gasteiger partial charge is 0.390 e. The van der Waals surface area contributed by atoms with Crippen molar-refractivity contribution in [2.75, 3.05) is 19.9 Å². The lowest BCUT2D eigenvalue weighted by atomic mass is 9.98. The van der Waals surface area contributed by atoms with Crippen molar-refractivity contribution in [2.45, 2.75) is 50.0 Å². The summed E-state index contributed by atoms with van der Waals surface area (Å²) in [5.74, 6) is -1.70. The molecule has 1 saturated carbocycles. The van der Waals surface area contributed by atoms with Crippen LogP contribution in [0, 0.1) is 11.6 Å². The Kier molecular flexibility index (Phi) is 6.85. The second-order valence-corrected chi connectivity index (χ2v) is 8.59. The average Bonchev–Trinajstić information content (AvgIpc) is 3.33. The van der Waals surface area contributed by atoms with Crippen molar-refractivity contribution in [1.29, 1.82) is 0 Å². The van der Waals surface area contributed by atoms with Crippen LogP contribution >= 0.6 is 0 Å². The molecule has 1 saturated heterocycles. The number of aliphatic hydroxyl groups excluding tert-OH is 1. The van der Waals surface area contributed by atoms with E-state index in [0.717, 1.165) is 30.0 Å². The van der Waals surface area contributed by atoms with E-state index in [1.165, 1.54) is 19.1 Å². The molecule has 32 heavy (non-hydrogen) atoms. The van der Waals surface area contributed by atoms with Gasteiger partial charge in [-0.15, -0.1) is 0 Å². The summed E-state index contributed by atoms with van der Waals surface area (Å²) < 4.78 is 38.0. The Bertz CT molecular complexity index is 941. The maximum Gasteiger partial charge on any atom is 0.217 e. The molecule has 3 atom stereocenters. The maximum atomic E-state index is 13.6. The number of halogens is 2. The SMILES string of the molecule is CC(=O)NC(Cc1cc(F)cc(F)c1)C(O)CNC1(c2cccc(C3COCO3)c2)CC1. The van der Waals surface area contributed by atoms with Gasteiger partial charge >= 0.3 is 0 Å². The van der Waals surface area contributed by atoms with Crippen molar-refractivity contribution < 1.29 is 28.2 Å². The summed E-state index contributed by atoms with van der Waals surface area (Å²) in [6, 6.07) is 10.7. The van der Waals surface area contributed by atoms with E-state index in [-0.39, 0.29) is 30.5 Å². The summed E-state index contributed by atoms with van der Waals surface area (Å²) in [7, 11) is 0. The Morgan fingerprint density at radius 2 is 1.97 bits per heavy atom. The molecule has 1 aliphatic carbocycles. The lowest BCUT2D eigenvalue weighted by molar-refractivity contribution is -0.120. The van der Waals surface area contributed by atoms with Crippen molar-refractivity contribution in [1.82, 2.24) is 10.6 Å². The molecule has 6 nitrogen and oxygen atoms in total. The summed E-state index contributed by atoms with van der Waals surface area (Å²) in [6.45, 7) is 2.39. The fourth-order valence-electron chi connectivity index (χ4n) is 4.22. The molecule has 3 N–H and O–H groups in total. The molecule has 0 spiro atoms. The van der Waals surface area contributed by atoms with Gasteiger partial charge in [-0.3, -0.25) is 4.79 Å². The molecule has 2 aromatic rings. The average molecular weight is 446 g/mol. The smallest absolute Gasteiger partial charge is 0.217 e. The first-order valence-electron chi connectivity index (χ1n) is 10.8. The van der Waals surface area contributed by atoms with Crippen LogP contribution in [-0.4, -0.2) is 43.1 Å². The predicted molar refractivity (Wildman–Crippen MR) is 114 cm³/mol. The van der Waals surface area contributed by atoms with E-state index in [2.05, 4.69) is 16.7 Å². The van der Waals surface area contributed by atoms with Crippen LogP contribution in [0.5, 0.6) is 0 Å². The fraction of sp³-hybridized carbons (Fsp3) is 0.458. The van der Waals surface area contributed by atoms with Crippen LogP contribution in [0.25, 0.3) is 0 Å². The van der Waals surface area contributed by atoms with E-state index in [1.54, 1.807) is 0 Å². The maximum absolute atomic E-state index is 13.6. The number of carbonyl (C=O) groups excluding carboxylic acids is 1. The van der Waals surface area contributed by atoms with Crippen LogP contribution < -0.4 is 10.6 Å². The highest BCUT2D eigenvalue weighted by Gasteiger charge is 2.44. The van der Waals surface area contributed by atoms with Crippen LogP contribution in [0.4, 0.5) is 8.78 Å². The first kappa shape index (κ1) is 22.8. The van der Waals surface area contributed by atoms with E-state index in [1.807, 2.05) is 18.2 Å². The van der Waals surface area contributed by atoms with Crippen molar-refractivity contribution in [2.24, 2.45) is 0 Å². The first-order valence-corrected chi connectivity index (χ1v) is 10.8. The number of rotatable bonds is 9. The summed E-state index contributed by atoms with van der Waals surface area (Å²) in [5, 5.41) is 17.0. The number of hydrogen-bond acceptors (Lipinski definition) is 5. The summed E-state index contributed by atoms with van der Waals surface area (Å²) in [4.78, 5) is 11.7.